The van der Waals surface area contributed by atoms with Crippen LogP contribution in [-0.2, 0) is 11.3 Å². The van der Waals surface area contributed by atoms with E-state index in [0.29, 0.717) is 23.1 Å². The van der Waals surface area contributed by atoms with E-state index in [0.717, 1.165) is 5.56 Å². The number of anilines is 1. The fourth-order valence-corrected chi connectivity index (χ4v) is 2.78. The summed E-state index contributed by atoms with van der Waals surface area (Å²) in [4.78, 5) is 23.2. The van der Waals surface area contributed by atoms with Crippen molar-refractivity contribution in [2.24, 2.45) is 0 Å². The Morgan fingerprint density at radius 3 is 2.52 bits per heavy atom. The number of nitrogens with one attached hydrogen (secondary N) is 2. The van der Waals surface area contributed by atoms with E-state index in [4.69, 9.17) is 21.1 Å². The summed E-state index contributed by atoms with van der Waals surface area (Å²) in [6.45, 7) is 0.356. The number of aromatic carboxylic acids is 1. The smallest absolute Gasteiger partial charge is 0.337 e. The number of carboxylic acid groups (broad SMARTS) is 1. The summed E-state index contributed by atoms with van der Waals surface area (Å²) in [5.74, 6) is -0.135. The zero-order valence-electron chi connectivity index (χ0n) is 14.2. The topological polar surface area (TPSA) is 91.6 Å². The first-order valence-corrected chi connectivity index (χ1v) is 8.59. The van der Waals surface area contributed by atoms with E-state index in [1.165, 1.54) is 6.07 Å². The van der Waals surface area contributed by atoms with Crippen molar-refractivity contribution < 1.29 is 19.1 Å². The average molecular weight is 385 g/mol. The highest BCUT2D eigenvalue weighted by Gasteiger charge is 2.12. The molecule has 0 radical (unpaired) electrons. The Morgan fingerprint density at radius 2 is 1.74 bits per heavy atom. The monoisotopic (exact) mass is 384 g/mol. The lowest BCUT2D eigenvalue weighted by Gasteiger charge is -2.08. The Bertz CT molecular complexity index is 968. The van der Waals surface area contributed by atoms with Crippen LogP contribution >= 0.6 is 11.6 Å². The van der Waals surface area contributed by atoms with E-state index in [2.05, 4.69) is 10.6 Å². The number of carbonyl (C=O) groups is 2. The zero-order valence-corrected chi connectivity index (χ0v) is 15.0. The van der Waals surface area contributed by atoms with Gasteiger partial charge in [0, 0.05) is 5.56 Å². The van der Waals surface area contributed by atoms with E-state index in [1.807, 2.05) is 30.3 Å². The van der Waals surface area contributed by atoms with Gasteiger partial charge < -0.3 is 20.2 Å². The van der Waals surface area contributed by atoms with E-state index in [1.54, 1.807) is 24.3 Å². The molecule has 0 atom stereocenters. The van der Waals surface area contributed by atoms with Crippen molar-refractivity contribution in [3.8, 4) is 11.3 Å². The number of halogens is 1. The Hall–Kier alpha value is -3.09. The quantitative estimate of drug-likeness (QED) is 0.572. The molecule has 6 nitrogen and oxygen atoms in total. The molecule has 0 fully saturated rings. The second-order valence-corrected chi connectivity index (χ2v) is 6.16. The molecule has 0 aliphatic heterocycles. The molecule has 0 unspecified atom stereocenters. The molecule has 0 spiro atoms. The summed E-state index contributed by atoms with van der Waals surface area (Å²) in [6.07, 6.45) is 0. The summed E-state index contributed by atoms with van der Waals surface area (Å²) >= 11 is 6.16. The fraction of sp³-hybridized carbons (Fsp3) is 0.100. The number of benzene rings is 2. The SMILES string of the molecule is O=C(CNCc1ccc(-c2ccccc2Cl)o1)Nc1ccccc1C(=O)O. The third-order valence-electron chi connectivity index (χ3n) is 3.82. The van der Waals surface area contributed by atoms with Crippen LogP contribution in [0.25, 0.3) is 11.3 Å². The second kappa shape index (κ2) is 8.53. The Labute approximate surface area is 160 Å². The maximum atomic E-state index is 12.0. The molecule has 138 valence electrons. The summed E-state index contributed by atoms with van der Waals surface area (Å²) in [6, 6.07) is 17.3. The molecule has 0 aliphatic carbocycles. The second-order valence-electron chi connectivity index (χ2n) is 5.75. The number of hydrogen-bond acceptors (Lipinski definition) is 4. The molecule has 1 amide bonds. The van der Waals surface area contributed by atoms with Crippen molar-refractivity contribution in [3.05, 3.63) is 77.0 Å². The molecule has 27 heavy (non-hydrogen) atoms. The van der Waals surface area contributed by atoms with Crippen LogP contribution in [0.2, 0.25) is 5.02 Å². The summed E-state index contributed by atoms with van der Waals surface area (Å²) < 4.78 is 5.74. The number of carboxylic acids is 1. The van der Waals surface area contributed by atoms with Crippen LogP contribution in [0.5, 0.6) is 0 Å². The van der Waals surface area contributed by atoms with Crippen LogP contribution in [0.3, 0.4) is 0 Å². The van der Waals surface area contributed by atoms with Gasteiger partial charge in [-0.05, 0) is 36.4 Å². The molecule has 1 aromatic heterocycles. The van der Waals surface area contributed by atoms with Crippen LogP contribution in [0, 0.1) is 0 Å². The maximum Gasteiger partial charge on any atom is 0.337 e. The van der Waals surface area contributed by atoms with Gasteiger partial charge in [0.15, 0.2) is 0 Å². The predicted octanol–water partition coefficient (Wildman–Crippen LogP) is 4.03. The molecule has 3 N–H and O–H groups in total. The molecule has 0 saturated heterocycles. The van der Waals surface area contributed by atoms with Crippen LogP contribution in [0.1, 0.15) is 16.1 Å². The largest absolute Gasteiger partial charge is 0.478 e. The first kappa shape index (κ1) is 18.7. The van der Waals surface area contributed by atoms with Gasteiger partial charge in [-0.3, -0.25) is 4.79 Å². The van der Waals surface area contributed by atoms with Gasteiger partial charge in [-0.25, -0.2) is 4.79 Å². The predicted molar refractivity (Wildman–Crippen MR) is 103 cm³/mol. The van der Waals surface area contributed by atoms with Crippen molar-refractivity contribution >= 4 is 29.2 Å². The number of amides is 1. The minimum absolute atomic E-state index is 0.01000. The van der Waals surface area contributed by atoms with Crippen LogP contribution in [0.4, 0.5) is 5.69 Å². The molecule has 0 saturated carbocycles. The first-order chi connectivity index (χ1) is 13.0. The molecule has 7 heteroatoms. The lowest BCUT2D eigenvalue weighted by atomic mass is 10.2. The number of carbonyl (C=O) groups excluding carboxylic acids is 1. The van der Waals surface area contributed by atoms with Gasteiger partial charge in [-0.2, -0.15) is 0 Å². The van der Waals surface area contributed by atoms with Crippen molar-refractivity contribution in [2.75, 3.05) is 11.9 Å². The van der Waals surface area contributed by atoms with E-state index >= 15 is 0 Å². The van der Waals surface area contributed by atoms with Crippen LogP contribution < -0.4 is 10.6 Å². The third-order valence-corrected chi connectivity index (χ3v) is 4.15. The standard InChI is InChI=1S/C20H17ClN2O4/c21-16-7-3-1-5-14(16)18-10-9-13(27-18)11-22-12-19(24)23-17-8-4-2-6-15(17)20(25)26/h1-10,22H,11-12H2,(H,23,24)(H,25,26). The van der Waals surface area contributed by atoms with E-state index in [9.17, 15) is 9.59 Å². The van der Waals surface area contributed by atoms with Crippen LogP contribution in [-0.4, -0.2) is 23.5 Å². The van der Waals surface area contributed by atoms with Gasteiger partial charge in [0.1, 0.15) is 11.5 Å². The lowest BCUT2D eigenvalue weighted by molar-refractivity contribution is -0.115. The molecule has 3 rings (SSSR count). The molecular weight excluding hydrogens is 368 g/mol. The normalized spacial score (nSPS) is 10.6. The minimum Gasteiger partial charge on any atom is -0.478 e. The molecule has 2 aromatic carbocycles. The number of rotatable bonds is 7. The number of furan rings is 1. The number of hydrogen-bond donors (Lipinski definition) is 3. The molecule has 1 heterocycles. The third kappa shape index (κ3) is 4.75. The highest BCUT2D eigenvalue weighted by Crippen LogP contribution is 2.28. The molecule has 0 aliphatic rings. The maximum absolute atomic E-state index is 12.0. The minimum atomic E-state index is -1.10. The number of para-hydroxylation sites is 1. The fourth-order valence-electron chi connectivity index (χ4n) is 2.55. The van der Waals surface area contributed by atoms with Gasteiger partial charge in [-0.1, -0.05) is 35.9 Å². The zero-order chi connectivity index (χ0) is 19.2. The molecular formula is C20H17ClN2O4. The summed E-state index contributed by atoms with van der Waals surface area (Å²) in [5.41, 5.74) is 1.10. The molecule has 3 aromatic rings. The first-order valence-electron chi connectivity index (χ1n) is 8.21. The van der Waals surface area contributed by atoms with E-state index in [-0.39, 0.29) is 23.7 Å². The van der Waals surface area contributed by atoms with Gasteiger partial charge in [0.2, 0.25) is 5.91 Å². The Kier molecular flexibility index (Phi) is 5.90. The van der Waals surface area contributed by atoms with Gasteiger partial charge in [-0.15, -0.1) is 0 Å². The molecule has 0 bridgehead atoms. The van der Waals surface area contributed by atoms with Crippen molar-refractivity contribution in [3.63, 3.8) is 0 Å². The average Bonchev–Trinajstić information content (AvgIpc) is 3.11. The summed E-state index contributed by atoms with van der Waals surface area (Å²) in [7, 11) is 0. The van der Waals surface area contributed by atoms with E-state index < -0.39 is 5.97 Å². The van der Waals surface area contributed by atoms with Crippen LogP contribution in [0.15, 0.2) is 65.1 Å². The Balaban J connectivity index is 1.54. The highest BCUT2D eigenvalue weighted by atomic mass is 35.5. The highest BCUT2D eigenvalue weighted by molar-refractivity contribution is 6.33. The van der Waals surface area contributed by atoms with Crippen molar-refractivity contribution in [1.29, 1.82) is 0 Å². The van der Waals surface area contributed by atoms with Gasteiger partial charge >= 0.3 is 5.97 Å². The van der Waals surface area contributed by atoms with Gasteiger partial charge in [0.05, 0.1) is 29.4 Å². The van der Waals surface area contributed by atoms with Crippen molar-refractivity contribution in [1.82, 2.24) is 5.32 Å². The Morgan fingerprint density at radius 1 is 1.00 bits per heavy atom. The summed E-state index contributed by atoms with van der Waals surface area (Å²) in [5, 5.41) is 15.3. The van der Waals surface area contributed by atoms with Gasteiger partial charge in [0.25, 0.3) is 0 Å². The lowest BCUT2D eigenvalue weighted by Crippen LogP contribution is -2.28. The van der Waals surface area contributed by atoms with Crippen molar-refractivity contribution in [2.45, 2.75) is 6.54 Å².